The topological polar surface area (TPSA) is 18.5 Å². The van der Waals surface area contributed by atoms with Crippen molar-refractivity contribution in [2.75, 3.05) is 13.7 Å². The minimum atomic E-state index is -0.325. The first-order chi connectivity index (χ1) is 5.54. The lowest BCUT2D eigenvalue weighted by Crippen LogP contribution is -2.42. The molecule has 72 valence electrons. The molecule has 0 spiro atoms. The number of methoxy groups -OCH3 is 1. The molecule has 0 amide bonds. The molecule has 0 aromatic heterocycles. The Morgan fingerprint density at radius 3 is 2.33 bits per heavy atom. The predicted octanol–water partition coefficient (Wildman–Crippen LogP) is 2.58. The minimum Gasteiger partial charge on any atom is -0.353 e. The van der Waals surface area contributed by atoms with E-state index in [0.29, 0.717) is 5.41 Å². The van der Waals surface area contributed by atoms with Gasteiger partial charge in [0.25, 0.3) is 0 Å². The van der Waals surface area contributed by atoms with E-state index in [-0.39, 0.29) is 5.79 Å². The molecule has 0 bridgehead atoms. The van der Waals surface area contributed by atoms with E-state index in [1.165, 1.54) is 12.8 Å². The van der Waals surface area contributed by atoms with Crippen molar-refractivity contribution in [1.29, 1.82) is 0 Å². The van der Waals surface area contributed by atoms with Gasteiger partial charge in [-0.15, -0.1) is 0 Å². The van der Waals surface area contributed by atoms with Crippen molar-refractivity contribution < 1.29 is 9.47 Å². The monoisotopic (exact) mass is 172 g/mol. The van der Waals surface area contributed by atoms with E-state index in [1.807, 2.05) is 6.92 Å². The summed E-state index contributed by atoms with van der Waals surface area (Å²) >= 11 is 0. The zero-order chi connectivity index (χ0) is 9.24. The second-order valence-electron chi connectivity index (χ2n) is 4.29. The van der Waals surface area contributed by atoms with E-state index in [9.17, 15) is 0 Å². The average molecular weight is 172 g/mol. The molecule has 0 saturated carbocycles. The number of rotatable bonds is 2. The minimum absolute atomic E-state index is 0.325. The lowest BCUT2D eigenvalue weighted by Gasteiger charge is -2.41. The molecular weight excluding hydrogens is 152 g/mol. The van der Waals surface area contributed by atoms with Crippen molar-refractivity contribution in [1.82, 2.24) is 0 Å². The molecule has 1 fully saturated rings. The van der Waals surface area contributed by atoms with Gasteiger partial charge in [-0.3, -0.25) is 0 Å². The van der Waals surface area contributed by atoms with E-state index in [4.69, 9.17) is 9.47 Å². The van der Waals surface area contributed by atoms with Crippen LogP contribution < -0.4 is 0 Å². The number of ether oxygens (including phenoxy) is 2. The summed E-state index contributed by atoms with van der Waals surface area (Å²) in [6.45, 7) is 7.34. The first kappa shape index (κ1) is 10.0. The Balaban J connectivity index is 2.49. The summed E-state index contributed by atoms with van der Waals surface area (Å²) in [6.07, 6.45) is 3.40. The molecule has 0 radical (unpaired) electrons. The molecular formula is C10H20O2. The highest BCUT2D eigenvalue weighted by Crippen LogP contribution is 2.38. The summed E-state index contributed by atoms with van der Waals surface area (Å²) in [5, 5.41) is 0. The molecule has 1 saturated heterocycles. The maximum atomic E-state index is 5.70. The number of hydrogen-bond acceptors (Lipinski definition) is 2. The SMILES string of the molecule is CCC1(C)CCC(C)(OC)OC1. The fraction of sp³-hybridized carbons (Fsp3) is 1.00. The van der Waals surface area contributed by atoms with Crippen LogP contribution in [0.25, 0.3) is 0 Å². The van der Waals surface area contributed by atoms with Gasteiger partial charge in [0, 0.05) is 13.5 Å². The van der Waals surface area contributed by atoms with Crippen LogP contribution >= 0.6 is 0 Å². The van der Waals surface area contributed by atoms with Gasteiger partial charge in [0.2, 0.25) is 0 Å². The van der Waals surface area contributed by atoms with Crippen LogP contribution in [0.3, 0.4) is 0 Å². The van der Waals surface area contributed by atoms with Crippen LogP contribution in [0.5, 0.6) is 0 Å². The second-order valence-corrected chi connectivity index (χ2v) is 4.29. The summed E-state index contributed by atoms with van der Waals surface area (Å²) in [7, 11) is 1.72. The lowest BCUT2D eigenvalue weighted by molar-refractivity contribution is -0.254. The Hall–Kier alpha value is -0.0800. The van der Waals surface area contributed by atoms with Gasteiger partial charge >= 0.3 is 0 Å². The van der Waals surface area contributed by atoms with Gasteiger partial charge in [0.1, 0.15) is 0 Å². The van der Waals surface area contributed by atoms with Crippen LogP contribution in [-0.4, -0.2) is 19.5 Å². The molecule has 2 heteroatoms. The fourth-order valence-electron chi connectivity index (χ4n) is 1.44. The molecule has 2 atom stereocenters. The Bertz CT molecular complexity index is 128. The fourth-order valence-corrected chi connectivity index (χ4v) is 1.44. The zero-order valence-electron chi connectivity index (χ0n) is 8.64. The van der Waals surface area contributed by atoms with Gasteiger partial charge in [-0.25, -0.2) is 0 Å². The molecule has 1 heterocycles. The van der Waals surface area contributed by atoms with E-state index in [2.05, 4.69) is 13.8 Å². The summed E-state index contributed by atoms with van der Waals surface area (Å²) in [4.78, 5) is 0. The lowest BCUT2D eigenvalue weighted by atomic mass is 9.80. The summed E-state index contributed by atoms with van der Waals surface area (Å²) in [5.74, 6) is -0.325. The summed E-state index contributed by atoms with van der Waals surface area (Å²) in [6, 6.07) is 0. The van der Waals surface area contributed by atoms with Crippen LogP contribution in [-0.2, 0) is 9.47 Å². The standard InChI is InChI=1S/C10H20O2/c1-5-9(2)6-7-10(3,11-4)12-8-9/h5-8H2,1-4H3. The molecule has 2 unspecified atom stereocenters. The Morgan fingerprint density at radius 1 is 1.33 bits per heavy atom. The van der Waals surface area contributed by atoms with E-state index >= 15 is 0 Å². The molecule has 0 aromatic rings. The molecule has 0 N–H and O–H groups in total. The normalized spacial score (nSPS) is 43.0. The molecule has 1 aliphatic heterocycles. The largest absolute Gasteiger partial charge is 0.353 e. The first-order valence-electron chi connectivity index (χ1n) is 4.73. The molecule has 1 rings (SSSR count). The average Bonchev–Trinajstić information content (AvgIpc) is 2.11. The highest BCUT2D eigenvalue weighted by molar-refractivity contribution is 4.81. The van der Waals surface area contributed by atoms with E-state index < -0.39 is 0 Å². The Morgan fingerprint density at radius 2 is 2.00 bits per heavy atom. The second kappa shape index (κ2) is 3.35. The van der Waals surface area contributed by atoms with Crippen molar-refractivity contribution in [2.24, 2.45) is 5.41 Å². The van der Waals surface area contributed by atoms with Gasteiger partial charge in [0.15, 0.2) is 5.79 Å². The first-order valence-corrected chi connectivity index (χ1v) is 4.73. The third-order valence-electron chi connectivity index (χ3n) is 3.19. The highest BCUT2D eigenvalue weighted by Gasteiger charge is 2.37. The summed E-state index contributed by atoms with van der Waals surface area (Å²) in [5.41, 5.74) is 0.373. The van der Waals surface area contributed by atoms with Crippen molar-refractivity contribution in [3.8, 4) is 0 Å². The molecule has 12 heavy (non-hydrogen) atoms. The molecule has 0 aromatic carbocycles. The predicted molar refractivity (Wildman–Crippen MR) is 49.0 cm³/mol. The van der Waals surface area contributed by atoms with E-state index in [0.717, 1.165) is 13.0 Å². The van der Waals surface area contributed by atoms with Crippen molar-refractivity contribution in [3.05, 3.63) is 0 Å². The van der Waals surface area contributed by atoms with Gasteiger partial charge in [-0.05, 0) is 25.2 Å². The van der Waals surface area contributed by atoms with Gasteiger partial charge < -0.3 is 9.47 Å². The smallest absolute Gasteiger partial charge is 0.165 e. The maximum absolute atomic E-state index is 5.70. The Labute approximate surface area is 75.2 Å². The molecule has 0 aliphatic carbocycles. The van der Waals surface area contributed by atoms with Crippen LogP contribution in [0.2, 0.25) is 0 Å². The Kier molecular flexibility index (Phi) is 2.79. The van der Waals surface area contributed by atoms with Crippen molar-refractivity contribution >= 4 is 0 Å². The van der Waals surface area contributed by atoms with Crippen LogP contribution in [0.1, 0.15) is 40.0 Å². The summed E-state index contributed by atoms with van der Waals surface area (Å²) < 4.78 is 11.0. The maximum Gasteiger partial charge on any atom is 0.165 e. The van der Waals surface area contributed by atoms with Crippen molar-refractivity contribution in [3.63, 3.8) is 0 Å². The third kappa shape index (κ3) is 1.99. The quantitative estimate of drug-likeness (QED) is 0.637. The van der Waals surface area contributed by atoms with E-state index in [1.54, 1.807) is 7.11 Å². The van der Waals surface area contributed by atoms with Crippen LogP contribution in [0.15, 0.2) is 0 Å². The molecule has 2 nitrogen and oxygen atoms in total. The van der Waals surface area contributed by atoms with Gasteiger partial charge in [-0.2, -0.15) is 0 Å². The van der Waals surface area contributed by atoms with Crippen LogP contribution in [0, 0.1) is 5.41 Å². The third-order valence-corrected chi connectivity index (χ3v) is 3.19. The zero-order valence-corrected chi connectivity index (χ0v) is 8.64. The van der Waals surface area contributed by atoms with Crippen molar-refractivity contribution in [2.45, 2.75) is 45.8 Å². The highest BCUT2D eigenvalue weighted by atomic mass is 16.7. The van der Waals surface area contributed by atoms with Gasteiger partial charge in [-0.1, -0.05) is 13.8 Å². The molecule has 1 aliphatic rings. The van der Waals surface area contributed by atoms with Gasteiger partial charge in [0.05, 0.1) is 6.61 Å². The number of hydrogen-bond donors (Lipinski definition) is 0. The van der Waals surface area contributed by atoms with Crippen LogP contribution in [0.4, 0.5) is 0 Å².